The number of hydrogen-bond donors (Lipinski definition) is 0. The number of rotatable bonds is 4. The van der Waals surface area contributed by atoms with Gasteiger partial charge in [0.15, 0.2) is 4.80 Å². The Morgan fingerprint density at radius 2 is 1.75 bits per heavy atom. The van der Waals surface area contributed by atoms with Crippen LogP contribution in [0.15, 0.2) is 46.3 Å². The summed E-state index contributed by atoms with van der Waals surface area (Å²) >= 11 is 1.50. The molecular weight excluding hydrogens is 446 g/mol. The summed E-state index contributed by atoms with van der Waals surface area (Å²) in [6.45, 7) is 4.76. The number of methoxy groups -OCH3 is 1. The van der Waals surface area contributed by atoms with Crippen molar-refractivity contribution < 1.29 is 17.9 Å². The fourth-order valence-corrected chi connectivity index (χ4v) is 6.61. The summed E-state index contributed by atoms with van der Waals surface area (Å²) in [6, 6.07) is 10.5. The van der Waals surface area contributed by atoms with Gasteiger partial charge in [-0.05, 0) is 68.1 Å². The number of fused-ring (bicyclic) bond motifs is 1. The molecule has 0 spiro atoms. The second-order valence-corrected chi connectivity index (χ2v) is 11.0. The normalized spacial score (nSPS) is 16.6. The Hall–Kier alpha value is -2.49. The average Bonchev–Trinajstić information content (AvgIpc) is 3.12. The first-order valence-corrected chi connectivity index (χ1v) is 12.8. The minimum absolute atomic E-state index is 0.178. The Morgan fingerprint density at radius 3 is 2.38 bits per heavy atom. The molecule has 1 fully saturated rings. The van der Waals surface area contributed by atoms with E-state index >= 15 is 0 Å². The molecule has 4 rings (SSSR count). The van der Waals surface area contributed by atoms with E-state index in [1.54, 1.807) is 24.3 Å². The zero-order chi connectivity index (χ0) is 23.0. The van der Waals surface area contributed by atoms with E-state index in [1.807, 2.05) is 11.6 Å². The molecule has 1 aromatic heterocycles. The SMILES string of the molecule is COc1ccc(S(=O)(=O)N2CCC(C(=O)N=c3sc4ccc(C)c(C)c4n3C)CC2)cc1. The zero-order valence-electron chi connectivity index (χ0n) is 18.7. The van der Waals surface area contributed by atoms with Crippen molar-refractivity contribution in [3.63, 3.8) is 0 Å². The van der Waals surface area contributed by atoms with Gasteiger partial charge in [-0.25, -0.2) is 8.42 Å². The van der Waals surface area contributed by atoms with Crippen molar-refractivity contribution in [3.05, 3.63) is 52.3 Å². The molecule has 7 nitrogen and oxygen atoms in total. The summed E-state index contributed by atoms with van der Waals surface area (Å²) in [5, 5.41) is 0. The number of piperidine rings is 1. The van der Waals surface area contributed by atoms with Crippen molar-refractivity contribution in [1.29, 1.82) is 0 Å². The van der Waals surface area contributed by atoms with Crippen molar-refractivity contribution in [3.8, 4) is 5.75 Å². The Morgan fingerprint density at radius 1 is 1.09 bits per heavy atom. The Kier molecular flexibility index (Phi) is 6.24. The van der Waals surface area contributed by atoms with Gasteiger partial charge in [0.25, 0.3) is 5.91 Å². The molecule has 1 aliphatic heterocycles. The number of ether oxygens (including phenoxy) is 1. The lowest BCUT2D eigenvalue weighted by Crippen LogP contribution is -2.40. The minimum atomic E-state index is -3.59. The van der Waals surface area contributed by atoms with Crippen LogP contribution in [0.4, 0.5) is 0 Å². The third-order valence-electron chi connectivity index (χ3n) is 6.19. The van der Waals surface area contributed by atoms with Crippen molar-refractivity contribution in [1.82, 2.24) is 8.87 Å². The van der Waals surface area contributed by atoms with Gasteiger partial charge in [0, 0.05) is 26.1 Å². The van der Waals surface area contributed by atoms with Gasteiger partial charge < -0.3 is 9.30 Å². The number of hydrogen-bond acceptors (Lipinski definition) is 5. The quantitative estimate of drug-likeness (QED) is 0.582. The Labute approximate surface area is 192 Å². The van der Waals surface area contributed by atoms with Crippen LogP contribution in [-0.4, -0.2) is 43.4 Å². The van der Waals surface area contributed by atoms with E-state index in [-0.39, 0.29) is 16.7 Å². The molecule has 0 saturated carbocycles. The lowest BCUT2D eigenvalue weighted by Gasteiger charge is -2.29. The van der Waals surface area contributed by atoms with Gasteiger partial charge in [-0.15, -0.1) is 0 Å². The summed E-state index contributed by atoms with van der Waals surface area (Å²) < 4.78 is 35.5. The van der Waals surface area contributed by atoms with Crippen LogP contribution in [0.3, 0.4) is 0 Å². The summed E-state index contributed by atoms with van der Waals surface area (Å²) in [5.74, 6) is 0.156. The number of sulfonamides is 1. The van der Waals surface area contributed by atoms with E-state index in [1.165, 1.54) is 33.9 Å². The van der Waals surface area contributed by atoms with Crippen LogP contribution >= 0.6 is 11.3 Å². The second kappa shape index (κ2) is 8.80. The maximum Gasteiger partial charge on any atom is 0.251 e. The molecule has 32 heavy (non-hydrogen) atoms. The van der Waals surface area contributed by atoms with Gasteiger partial charge in [-0.1, -0.05) is 17.4 Å². The molecule has 9 heteroatoms. The van der Waals surface area contributed by atoms with Gasteiger partial charge in [-0.3, -0.25) is 4.79 Å². The van der Waals surface area contributed by atoms with Crippen molar-refractivity contribution >= 4 is 37.5 Å². The van der Waals surface area contributed by atoms with Crippen LogP contribution < -0.4 is 9.54 Å². The number of carbonyl (C=O) groups excluding carboxylic acids is 1. The average molecular weight is 474 g/mol. The molecule has 170 valence electrons. The van der Waals surface area contributed by atoms with Crippen LogP contribution in [0.1, 0.15) is 24.0 Å². The van der Waals surface area contributed by atoms with E-state index in [2.05, 4.69) is 31.0 Å². The third-order valence-corrected chi connectivity index (χ3v) is 9.20. The predicted octanol–water partition coefficient (Wildman–Crippen LogP) is 3.39. The number of thiazole rings is 1. The van der Waals surface area contributed by atoms with Crippen molar-refractivity contribution in [2.45, 2.75) is 31.6 Å². The smallest absolute Gasteiger partial charge is 0.251 e. The number of aromatic nitrogens is 1. The summed E-state index contributed by atoms with van der Waals surface area (Å²) in [7, 11) is -0.123. The molecule has 0 aliphatic carbocycles. The molecule has 0 atom stereocenters. The van der Waals surface area contributed by atoms with Crippen molar-refractivity contribution in [2.24, 2.45) is 18.0 Å². The number of amides is 1. The number of nitrogens with zero attached hydrogens (tertiary/aromatic N) is 3. The summed E-state index contributed by atoms with van der Waals surface area (Å²) in [6.07, 6.45) is 0.926. The molecule has 1 aliphatic rings. The van der Waals surface area contributed by atoms with Crippen LogP contribution in [0.25, 0.3) is 10.2 Å². The van der Waals surface area contributed by atoms with E-state index < -0.39 is 10.0 Å². The fraction of sp³-hybridized carbons (Fsp3) is 0.391. The maximum absolute atomic E-state index is 12.9. The molecule has 1 amide bonds. The second-order valence-electron chi connectivity index (χ2n) is 8.10. The highest BCUT2D eigenvalue weighted by Gasteiger charge is 2.32. The number of aryl methyl sites for hydroxylation is 3. The molecule has 1 saturated heterocycles. The largest absolute Gasteiger partial charge is 0.497 e. The topological polar surface area (TPSA) is 81.0 Å². The molecule has 0 radical (unpaired) electrons. The highest BCUT2D eigenvalue weighted by Crippen LogP contribution is 2.26. The summed E-state index contributed by atoms with van der Waals surface area (Å²) in [4.78, 5) is 18.2. The summed E-state index contributed by atoms with van der Waals surface area (Å²) in [5.41, 5.74) is 3.49. The first-order valence-electron chi connectivity index (χ1n) is 10.5. The molecule has 0 unspecified atom stereocenters. The Balaban J connectivity index is 1.50. The van der Waals surface area contributed by atoms with Gasteiger partial charge in [-0.2, -0.15) is 9.30 Å². The van der Waals surface area contributed by atoms with Crippen molar-refractivity contribution in [2.75, 3.05) is 20.2 Å². The lowest BCUT2D eigenvalue weighted by molar-refractivity contribution is -0.122. The van der Waals surface area contributed by atoms with E-state index in [9.17, 15) is 13.2 Å². The number of carbonyl (C=O) groups is 1. The monoisotopic (exact) mass is 473 g/mol. The fourth-order valence-electron chi connectivity index (χ4n) is 4.06. The van der Waals surface area contributed by atoms with Crippen LogP contribution in [0.5, 0.6) is 5.75 Å². The van der Waals surface area contributed by atoms with Gasteiger partial charge in [0.2, 0.25) is 10.0 Å². The molecule has 0 bridgehead atoms. The molecule has 0 N–H and O–H groups in total. The van der Waals surface area contributed by atoms with E-state index in [0.29, 0.717) is 36.5 Å². The third kappa shape index (κ3) is 4.12. The highest BCUT2D eigenvalue weighted by molar-refractivity contribution is 7.89. The first-order chi connectivity index (χ1) is 15.2. The van der Waals surface area contributed by atoms with Crippen LogP contribution in [0, 0.1) is 19.8 Å². The standard InChI is InChI=1S/C23H27N3O4S2/c1-15-5-10-20-21(16(15)2)25(3)23(31-20)24-22(27)17-11-13-26(14-12-17)32(28,29)19-8-6-18(30-4)7-9-19/h5-10,17H,11-14H2,1-4H3. The zero-order valence-corrected chi connectivity index (χ0v) is 20.3. The van der Waals surface area contributed by atoms with Gasteiger partial charge >= 0.3 is 0 Å². The molecule has 2 aromatic carbocycles. The van der Waals surface area contributed by atoms with E-state index in [0.717, 1.165) is 10.2 Å². The highest BCUT2D eigenvalue weighted by atomic mass is 32.2. The molecule has 2 heterocycles. The maximum atomic E-state index is 12.9. The lowest BCUT2D eigenvalue weighted by atomic mass is 9.98. The van der Waals surface area contributed by atoms with Gasteiger partial charge in [0.05, 0.1) is 22.2 Å². The predicted molar refractivity (Wildman–Crippen MR) is 125 cm³/mol. The minimum Gasteiger partial charge on any atom is -0.497 e. The van der Waals surface area contributed by atoms with E-state index in [4.69, 9.17) is 4.74 Å². The van der Waals surface area contributed by atoms with Crippen LogP contribution in [0.2, 0.25) is 0 Å². The first kappa shape index (κ1) is 22.7. The Bertz CT molecular complexity index is 1330. The van der Waals surface area contributed by atoms with Crippen LogP contribution in [-0.2, 0) is 21.9 Å². The number of benzene rings is 2. The molecular formula is C23H27N3O4S2. The van der Waals surface area contributed by atoms with Gasteiger partial charge in [0.1, 0.15) is 5.75 Å². The molecule has 3 aromatic rings.